The third-order valence-electron chi connectivity index (χ3n) is 2.99. The summed E-state index contributed by atoms with van der Waals surface area (Å²) < 4.78 is 5.20. The summed E-state index contributed by atoms with van der Waals surface area (Å²) in [6.07, 6.45) is 2.95. The highest BCUT2D eigenvalue weighted by Gasteiger charge is 2.11. The molecule has 0 fully saturated rings. The van der Waals surface area contributed by atoms with E-state index in [2.05, 4.69) is 34.4 Å². The molecule has 0 saturated heterocycles. The van der Waals surface area contributed by atoms with Gasteiger partial charge in [0.25, 0.3) is 5.91 Å². The number of aromatic nitrogens is 2. The van der Waals surface area contributed by atoms with E-state index in [9.17, 15) is 4.79 Å². The summed E-state index contributed by atoms with van der Waals surface area (Å²) in [6.45, 7) is 4.95. The summed E-state index contributed by atoms with van der Waals surface area (Å²) >= 11 is 5.94. The van der Waals surface area contributed by atoms with Gasteiger partial charge in [0.2, 0.25) is 5.95 Å². The molecule has 23 heavy (non-hydrogen) atoms. The number of amides is 1. The molecule has 6 nitrogen and oxygen atoms in total. The van der Waals surface area contributed by atoms with E-state index in [1.54, 1.807) is 18.2 Å². The van der Waals surface area contributed by atoms with Gasteiger partial charge in [-0.1, -0.05) is 25.4 Å². The van der Waals surface area contributed by atoms with E-state index in [0.717, 1.165) is 6.54 Å². The van der Waals surface area contributed by atoms with Crippen molar-refractivity contribution in [1.82, 2.24) is 9.97 Å². The Morgan fingerprint density at radius 1 is 1.30 bits per heavy atom. The van der Waals surface area contributed by atoms with Gasteiger partial charge in [-0.05, 0) is 24.1 Å². The van der Waals surface area contributed by atoms with Crippen LogP contribution in [0.15, 0.2) is 30.6 Å². The molecular weight excluding hydrogens is 316 g/mol. The molecule has 1 aromatic heterocycles. The van der Waals surface area contributed by atoms with Crippen LogP contribution in [-0.4, -0.2) is 29.5 Å². The summed E-state index contributed by atoms with van der Waals surface area (Å²) in [5.74, 6) is 1.17. The van der Waals surface area contributed by atoms with Gasteiger partial charge in [0.15, 0.2) is 0 Å². The molecule has 0 aliphatic rings. The molecule has 0 aliphatic heterocycles. The van der Waals surface area contributed by atoms with Crippen molar-refractivity contribution in [2.45, 2.75) is 13.8 Å². The fourth-order valence-corrected chi connectivity index (χ4v) is 1.98. The molecule has 7 heteroatoms. The average molecular weight is 335 g/mol. The Morgan fingerprint density at radius 2 is 2.00 bits per heavy atom. The first kappa shape index (κ1) is 17.0. The molecule has 0 radical (unpaired) electrons. The van der Waals surface area contributed by atoms with Crippen LogP contribution < -0.4 is 15.4 Å². The van der Waals surface area contributed by atoms with Crippen molar-refractivity contribution >= 4 is 29.1 Å². The fraction of sp³-hybridized carbons (Fsp3) is 0.312. The summed E-state index contributed by atoms with van der Waals surface area (Å²) in [7, 11) is 1.52. The first-order chi connectivity index (χ1) is 11.0. The van der Waals surface area contributed by atoms with Crippen LogP contribution in [0.2, 0.25) is 5.02 Å². The number of methoxy groups -OCH3 is 1. The summed E-state index contributed by atoms with van der Waals surface area (Å²) in [5.41, 5.74) is 0.842. The number of anilines is 2. The topological polar surface area (TPSA) is 76.1 Å². The van der Waals surface area contributed by atoms with Gasteiger partial charge >= 0.3 is 0 Å². The monoisotopic (exact) mass is 334 g/mol. The zero-order valence-corrected chi connectivity index (χ0v) is 14.0. The SMILES string of the molecule is COc1ccc(Cl)cc1NC(=O)c1cnc(NCC(C)C)nc1. The molecule has 2 N–H and O–H groups in total. The Morgan fingerprint density at radius 3 is 2.61 bits per heavy atom. The van der Waals surface area contributed by atoms with E-state index in [1.165, 1.54) is 19.5 Å². The van der Waals surface area contributed by atoms with Gasteiger partial charge in [0, 0.05) is 24.0 Å². The van der Waals surface area contributed by atoms with Gasteiger partial charge in [-0.3, -0.25) is 4.79 Å². The number of carbonyl (C=O) groups excluding carboxylic acids is 1. The Labute approximate surface area is 140 Å². The summed E-state index contributed by atoms with van der Waals surface area (Å²) in [4.78, 5) is 20.5. The lowest BCUT2D eigenvalue weighted by molar-refractivity contribution is 0.102. The average Bonchev–Trinajstić information content (AvgIpc) is 2.53. The second kappa shape index (κ2) is 7.78. The van der Waals surface area contributed by atoms with Crippen LogP contribution in [0.4, 0.5) is 11.6 Å². The molecule has 0 unspecified atom stereocenters. The molecule has 0 saturated carbocycles. The van der Waals surface area contributed by atoms with Gasteiger partial charge in [-0.15, -0.1) is 0 Å². The normalized spacial score (nSPS) is 10.5. The summed E-state index contributed by atoms with van der Waals surface area (Å²) in [6, 6.07) is 5.00. The minimum absolute atomic E-state index is 0.332. The predicted octanol–water partition coefficient (Wildman–Crippen LogP) is 3.46. The lowest BCUT2D eigenvalue weighted by atomic mass is 10.2. The first-order valence-corrected chi connectivity index (χ1v) is 7.58. The number of halogens is 1. The maximum atomic E-state index is 12.3. The lowest BCUT2D eigenvalue weighted by Gasteiger charge is -2.11. The van der Waals surface area contributed by atoms with Gasteiger partial charge in [0.1, 0.15) is 5.75 Å². The van der Waals surface area contributed by atoms with Gasteiger partial charge < -0.3 is 15.4 Å². The second-order valence-corrected chi connectivity index (χ2v) is 5.81. The first-order valence-electron chi connectivity index (χ1n) is 7.20. The highest BCUT2D eigenvalue weighted by Crippen LogP contribution is 2.28. The molecular formula is C16H19ClN4O2. The van der Waals surface area contributed by atoms with Crippen molar-refractivity contribution in [3.05, 3.63) is 41.2 Å². The third kappa shape index (κ3) is 4.82. The third-order valence-corrected chi connectivity index (χ3v) is 3.23. The highest BCUT2D eigenvalue weighted by molar-refractivity contribution is 6.31. The number of benzene rings is 1. The van der Waals surface area contributed by atoms with Crippen LogP contribution in [-0.2, 0) is 0 Å². The fourth-order valence-electron chi connectivity index (χ4n) is 1.80. The number of rotatable bonds is 6. The van der Waals surface area contributed by atoms with Crippen LogP contribution >= 0.6 is 11.6 Å². The second-order valence-electron chi connectivity index (χ2n) is 5.37. The zero-order chi connectivity index (χ0) is 16.8. The minimum atomic E-state index is -0.332. The quantitative estimate of drug-likeness (QED) is 0.846. The zero-order valence-electron chi connectivity index (χ0n) is 13.3. The number of ether oxygens (including phenoxy) is 1. The maximum Gasteiger partial charge on any atom is 0.258 e. The largest absolute Gasteiger partial charge is 0.495 e. The van der Waals surface area contributed by atoms with Crippen LogP contribution in [0.1, 0.15) is 24.2 Å². The number of nitrogens with one attached hydrogen (secondary N) is 2. The highest BCUT2D eigenvalue weighted by atomic mass is 35.5. The van der Waals surface area contributed by atoms with Crippen LogP contribution in [0.3, 0.4) is 0 Å². The van der Waals surface area contributed by atoms with Crippen LogP contribution in [0, 0.1) is 5.92 Å². The Hall–Kier alpha value is -2.34. The summed E-state index contributed by atoms with van der Waals surface area (Å²) in [5, 5.41) is 6.34. The molecule has 0 spiro atoms. The van der Waals surface area contributed by atoms with E-state index in [0.29, 0.717) is 33.9 Å². The number of hydrogen-bond donors (Lipinski definition) is 2. The van der Waals surface area contributed by atoms with Crippen molar-refractivity contribution in [3.8, 4) is 5.75 Å². The molecule has 0 bridgehead atoms. The van der Waals surface area contributed by atoms with E-state index < -0.39 is 0 Å². The Balaban J connectivity index is 2.07. The molecule has 0 aliphatic carbocycles. The van der Waals surface area contributed by atoms with Crippen LogP contribution in [0.25, 0.3) is 0 Å². The Kier molecular flexibility index (Phi) is 5.76. The molecule has 1 amide bonds. The van der Waals surface area contributed by atoms with Crippen molar-refractivity contribution in [3.63, 3.8) is 0 Å². The smallest absolute Gasteiger partial charge is 0.258 e. The number of carbonyl (C=O) groups is 1. The maximum absolute atomic E-state index is 12.3. The van der Waals surface area contributed by atoms with E-state index >= 15 is 0 Å². The van der Waals surface area contributed by atoms with Crippen LogP contribution in [0.5, 0.6) is 5.75 Å². The van der Waals surface area contributed by atoms with Gasteiger partial charge in [-0.25, -0.2) is 9.97 Å². The molecule has 2 rings (SSSR count). The Bertz CT molecular complexity index is 674. The van der Waals surface area contributed by atoms with Gasteiger partial charge in [-0.2, -0.15) is 0 Å². The molecule has 122 valence electrons. The molecule has 2 aromatic rings. The minimum Gasteiger partial charge on any atom is -0.495 e. The van der Waals surface area contributed by atoms with E-state index in [1.807, 2.05) is 0 Å². The van der Waals surface area contributed by atoms with Gasteiger partial charge in [0.05, 0.1) is 18.4 Å². The standard InChI is InChI=1S/C16H19ClN4O2/c1-10(2)7-18-16-19-8-11(9-20-16)15(22)21-13-6-12(17)4-5-14(13)23-3/h4-6,8-10H,7H2,1-3H3,(H,21,22)(H,18,19,20). The molecule has 1 aromatic carbocycles. The van der Waals surface area contributed by atoms with E-state index in [-0.39, 0.29) is 5.91 Å². The molecule has 0 atom stereocenters. The van der Waals surface area contributed by atoms with Crippen molar-refractivity contribution in [1.29, 1.82) is 0 Å². The van der Waals surface area contributed by atoms with E-state index in [4.69, 9.17) is 16.3 Å². The number of nitrogens with zero attached hydrogens (tertiary/aromatic N) is 2. The van der Waals surface area contributed by atoms with Crippen molar-refractivity contribution in [2.24, 2.45) is 5.92 Å². The number of hydrogen-bond acceptors (Lipinski definition) is 5. The molecule has 1 heterocycles. The lowest BCUT2D eigenvalue weighted by Crippen LogP contribution is -2.15. The predicted molar refractivity (Wildman–Crippen MR) is 91.3 cm³/mol. The van der Waals surface area contributed by atoms with Crippen molar-refractivity contribution < 1.29 is 9.53 Å². The van der Waals surface area contributed by atoms with Crippen molar-refractivity contribution in [2.75, 3.05) is 24.3 Å².